The fraction of sp³-hybridized carbons (Fsp3) is 0.577. The lowest BCUT2D eigenvalue weighted by molar-refractivity contribution is -0.110. The average Bonchev–Trinajstić information content (AvgIpc) is 3.17. The van der Waals surface area contributed by atoms with Crippen molar-refractivity contribution in [3.8, 4) is 5.75 Å². The second kappa shape index (κ2) is 10.9. The van der Waals surface area contributed by atoms with E-state index in [9.17, 15) is 9.90 Å². The number of hydrogen-bond acceptors (Lipinski definition) is 6. The van der Waals surface area contributed by atoms with Crippen LogP contribution in [0.15, 0.2) is 41.8 Å². The fourth-order valence-electron chi connectivity index (χ4n) is 5.34. The molecule has 0 saturated carbocycles. The molecule has 0 spiro atoms. The lowest BCUT2D eigenvalue weighted by atomic mass is 9.88. The fourth-order valence-corrected chi connectivity index (χ4v) is 6.35. The minimum Gasteiger partial charge on any atom is -0.495 e. The molecule has 1 aromatic carbocycles. The van der Waals surface area contributed by atoms with Crippen LogP contribution >= 0.6 is 11.3 Å². The van der Waals surface area contributed by atoms with Gasteiger partial charge in [0, 0.05) is 19.0 Å². The standard InChI is InChI=1S/C26H36N2O3S/c1-31-23-11-18-32-25(23)26(30)12-16-28(17-13-26)24(27-14-7-2-3-8-15-27)19-22(20-29)21-9-5-4-6-10-21/h4-6,9-11,18,20,22,24,30H,2-3,7-8,12-17,19H2,1H3. The van der Waals surface area contributed by atoms with Gasteiger partial charge in [-0.1, -0.05) is 43.2 Å². The van der Waals surface area contributed by atoms with E-state index in [0.717, 1.165) is 55.1 Å². The Kier molecular flexibility index (Phi) is 8.00. The molecule has 0 radical (unpaired) electrons. The van der Waals surface area contributed by atoms with Gasteiger partial charge in [0.25, 0.3) is 0 Å². The number of hydrogen-bond donors (Lipinski definition) is 1. The predicted molar refractivity (Wildman–Crippen MR) is 129 cm³/mol. The number of ether oxygens (including phenoxy) is 1. The molecule has 1 aromatic heterocycles. The molecule has 2 aliphatic heterocycles. The first-order valence-electron chi connectivity index (χ1n) is 12.0. The minimum atomic E-state index is -0.831. The third-order valence-electron chi connectivity index (χ3n) is 7.24. The largest absolute Gasteiger partial charge is 0.495 e. The highest BCUT2D eigenvalue weighted by atomic mass is 32.1. The summed E-state index contributed by atoms with van der Waals surface area (Å²) in [6.45, 7) is 3.81. The molecular formula is C26H36N2O3S. The molecule has 2 aromatic rings. The SMILES string of the molecule is COc1ccsc1C1(O)CCN(C(CC(C=O)c2ccccc2)N2CCCCCC2)CC1. The van der Waals surface area contributed by atoms with Gasteiger partial charge >= 0.3 is 0 Å². The van der Waals surface area contributed by atoms with Crippen molar-refractivity contribution in [3.05, 3.63) is 52.2 Å². The van der Waals surface area contributed by atoms with Crippen LogP contribution in [0.4, 0.5) is 0 Å². The molecule has 4 rings (SSSR count). The summed E-state index contributed by atoms with van der Waals surface area (Å²) in [7, 11) is 1.67. The van der Waals surface area contributed by atoms with Crippen molar-refractivity contribution in [3.63, 3.8) is 0 Å². The van der Waals surface area contributed by atoms with Crippen molar-refractivity contribution in [2.45, 2.75) is 62.6 Å². The second-order valence-corrected chi connectivity index (χ2v) is 10.1. The summed E-state index contributed by atoms with van der Waals surface area (Å²) in [6, 6.07) is 12.1. The second-order valence-electron chi connectivity index (χ2n) is 9.21. The summed E-state index contributed by atoms with van der Waals surface area (Å²) in [5.41, 5.74) is 0.266. The van der Waals surface area contributed by atoms with Crippen LogP contribution in [0.25, 0.3) is 0 Å². The van der Waals surface area contributed by atoms with E-state index in [1.165, 1.54) is 25.7 Å². The van der Waals surface area contributed by atoms with E-state index in [2.05, 4.69) is 21.9 Å². The predicted octanol–water partition coefficient (Wildman–Crippen LogP) is 4.62. The summed E-state index contributed by atoms with van der Waals surface area (Å²) in [6.07, 6.45) is 8.53. The maximum absolute atomic E-state index is 12.1. The van der Waals surface area contributed by atoms with Crippen LogP contribution in [-0.2, 0) is 10.4 Å². The van der Waals surface area contributed by atoms with Gasteiger partial charge < -0.3 is 14.6 Å². The molecule has 2 saturated heterocycles. The summed E-state index contributed by atoms with van der Waals surface area (Å²) >= 11 is 1.58. The Morgan fingerprint density at radius 3 is 2.31 bits per heavy atom. The van der Waals surface area contributed by atoms with E-state index in [0.29, 0.717) is 12.8 Å². The Hall–Kier alpha value is -1.73. The maximum Gasteiger partial charge on any atom is 0.135 e. The molecular weight excluding hydrogens is 420 g/mol. The summed E-state index contributed by atoms with van der Waals surface area (Å²) in [4.78, 5) is 18.2. The molecule has 0 bridgehead atoms. The lowest BCUT2D eigenvalue weighted by Gasteiger charge is -2.46. The Morgan fingerprint density at radius 1 is 1.03 bits per heavy atom. The molecule has 2 fully saturated rings. The van der Waals surface area contributed by atoms with Crippen LogP contribution in [0.3, 0.4) is 0 Å². The van der Waals surface area contributed by atoms with Gasteiger partial charge in [-0.2, -0.15) is 0 Å². The van der Waals surface area contributed by atoms with Gasteiger partial charge in [-0.05, 0) is 62.2 Å². The number of nitrogens with zero attached hydrogens (tertiary/aromatic N) is 2. The maximum atomic E-state index is 12.1. The van der Waals surface area contributed by atoms with Gasteiger partial charge in [-0.25, -0.2) is 0 Å². The van der Waals surface area contributed by atoms with Gasteiger partial charge in [-0.3, -0.25) is 9.80 Å². The molecule has 2 unspecified atom stereocenters. The first-order chi connectivity index (χ1) is 15.6. The number of methoxy groups -OCH3 is 1. The minimum absolute atomic E-state index is 0.109. The van der Waals surface area contributed by atoms with Gasteiger partial charge in [0.1, 0.15) is 17.6 Å². The van der Waals surface area contributed by atoms with Gasteiger partial charge in [0.2, 0.25) is 0 Å². The van der Waals surface area contributed by atoms with E-state index in [1.807, 2.05) is 29.6 Å². The summed E-state index contributed by atoms with van der Waals surface area (Å²) in [5, 5.41) is 13.4. The lowest BCUT2D eigenvalue weighted by Crippen LogP contribution is -2.54. The number of piperidine rings is 1. The molecule has 3 heterocycles. The third kappa shape index (κ3) is 5.25. The quantitative estimate of drug-likeness (QED) is 0.588. The van der Waals surface area contributed by atoms with Crippen LogP contribution < -0.4 is 4.74 Å². The summed E-state index contributed by atoms with van der Waals surface area (Å²) in [5.74, 6) is 0.683. The third-order valence-corrected chi connectivity index (χ3v) is 8.33. The average molecular weight is 457 g/mol. The summed E-state index contributed by atoms with van der Waals surface area (Å²) < 4.78 is 5.49. The number of thiophene rings is 1. The van der Waals surface area contributed by atoms with Crippen molar-refractivity contribution in [1.82, 2.24) is 9.80 Å². The molecule has 32 heavy (non-hydrogen) atoms. The number of rotatable bonds is 8. The number of aliphatic hydroxyl groups is 1. The van der Waals surface area contributed by atoms with Gasteiger partial charge in [0.05, 0.1) is 18.2 Å². The highest BCUT2D eigenvalue weighted by Gasteiger charge is 2.40. The van der Waals surface area contributed by atoms with Crippen molar-refractivity contribution in [1.29, 1.82) is 0 Å². The zero-order valence-corrected chi connectivity index (χ0v) is 19.9. The van der Waals surface area contributed by atoms with Crippen LogP contribution in [0.2, 0.25) is 0 Å². The molecule has 1 N–H and O–H groups in total. The van der Waals surface area contributed by atoms with Gasteiger partial charge in [-0.15, -0.1) is 11.3 Å². The van der Waals surface area contributed by atoms with Crippen LogP contribution in [0.1, 0.15) is 61.3 Å². The molecule has 0 amide bonds. The highest BCUT2D eigenvalue weighted by molar-refractivity contribution is 7.10. The number of aldehydes is 1. The molecule has 2 atom stereocenters. The van der Waals surface area contributed by atoms with Gasteiger partial charge in [0.15, 0.2) is 0 Å². The Balaban J connectivity index is 1.52. The molecule has 6 heteroatoms. The smallest absolute Gasteiger partial charge is 0.135 e. The number of benzene rings is 1. The van der Waals surface area contributed by atoms with E-state index in [1.54, 1.807) is 18.4 Å². The first-order valence-corrected chi connectivity index (χ1v) is 12.9. The van der Waals surface area contributed by atoms with E-state index in [4.69, 9.17) is 4.74 Å². The van der Waals surface area contributed by atoms with E-state index >= 15 is 0 Å². The van der Waals surface area contributed by atoms with E-state index in [-0.39, 0.29) is 12.1 Å². The Morgan fingerprint density at radius 2 is 1.69 bits per heavy atom. The number of likely N-dealkylation sites (tertiary alicyclic amines) is 2. The van der Waals surface area contributed by atoms with Crippen molar-refractivity contribution < 1.29 is 14.6 Å². The van der Waals surface area contributed by atoms with Crippen LogP contribution in [0, 0.1) is 0 Å². The van der Waals surface area contributed by atoms with Crippen molar-refractivity contribution in [2.24, 2.45) is 0 Å². The molecule has 5 nitrogen and oxygen atoms in total. The Bertz CT molecular complexity index is 840. The Labute approximate surface area is 196 Å². The molecule has 2 aliphatic rings. The van der Waals surface area contributed by atoms with Crippen LogP contribution in [0.5, 0.6) is 5.75 Å². The molecule has 174 valence electrons. The number of carbonyl (C=O) groups excluding carboxylic acids is 1. The van der Waals surface area contributed by atoms with Crippen LogP contribution in [-0.4, -0.2) is 60.6 Å². The van der Waals surface area contributed by atoms with Crippen molar-refractivity contribution in [2.75, 3.05) is 33.3 Å². The zero-order chi connectivity index (χ0) is 22.4. The monoisotopic (exact) mass is 456 g/mol. The first kappa shape index (κ1) is 23.4. The normalized spacial score (nSPS) is 22.1. The molecule has 0 aliphatic carbocycles. The zero-order valence-electron chi connectivity index (χ0n) is 19.1. The van der Waals surface area contributed by atoms with E-state index < -0.39 is 5.60 Å². The topological polar surface area (TPSA) is 53.0 Å². The highest BCUT2D eigenvalue weighted by Crippen LogP contribution is 2.42. The van der Waals surface area contributed by atoms with Crippen molar-refractivity contribution >= 4 is 17.6 Å². The number of carbonyl (C=O) groups is 1.